The lowest BCUT2D eigenvalue weighted by atomic mass is 10.0. The molecule has 0 bridgehead atoms. The topological polar surface area (TPSA) is 12.4 Å². The zero-order valence-corrected chi connectivity index (χ0v) is 16.3. The Balaban J connectivity index is 1.78. The molecule has 124 valence electrons. The third-order valence-electron chi connectivity index (χ3n) is 4.40. The molecule has 0 saturated carbocycles. The quantitative estimate of drug-likeness (QED) is 0.440. The fourth-order valence-electron chi connectivity index (χ4n) is 3.00. The highest BCUT2D eigenvalue weighted by Crippen LogP contribution is 2.45. The van der Waals surface area contributed by atoms with E-state index in [4.69, 9.17) is 4.99 Å². The third-order valence-corrected chi connectivity index (χ3v) is 6.25. The number of thioether (sulfide) groups is 1. The molecule has 0 N–H and O–H groups in total. The van der Waals surface area contributed by atoms with Gasteiger partial charge in [-0.1, -0.05) is 70.0 Å². The summed E-state index contributed by atoms with van der Waals surface area (Å²) in [4.78, 5) is 6.26. The Kier molecular flexibility index (Phi) is 4.78. The highest BCUT2D eigenvalue weighted by molar-refractivity contribution is 9.10. The summed E-state index contributed by atoms with van der Waals surface area (Å²) >= 11 is 5.44. The van der Waals surface area contributed by atoms with Gasteiger partial charge in [0.05, 0.1) is 5.69 Å². The Morgan fingerprint density at radius 1 is 0.920 bits per heavy atom. The lowest BCUT2D eigenvalue weighted by Crippen LogP contribution is -2.05. The molecule has 3 aromatic rings. The number of halogens is 1. The molecule has 0 fully saturated rings. The summed E-state index contributed by atoms with van der Waals surface area (Å²) < 4.78 is 1.09. The first-order valence-electron chi connectivity index (χ1n) is 8.35. The van der Waals surface area contributed by atoms with Crippen LogP contribution in [-0.2, 0) is 0 Å². The van der Waals surface area contributed by atoms with E-state index in [9.17, 15) is 0 Å². The zero-order valence-electron chi connectivity index (χ0n) is 13.9. The maximum atomic E-state index is 5.01. The highest BCUT2D eigenvalue weighted by Gasteiger charge is 2.22. The molecule has 1 heterocycles. The van der Waals surface area contributed by atoms with Crippen molar-refractivity contribution in [2.24, 2.45) is 4.99 Å². The standard InChI is InChI=1S/C22H18BrNS/c1-15-6-8-17(9-7-15)22-14-20(16-10-12-18(23)13-11-16)24-19-4-2-3-5-21(19)25-22/h2-13,22H,14H2,1H3/t22-/m1/s1. The summed E-state index contributed by atoms with van der Waals surface area (Å²) in [5.41, 5.74) is 6.06. The summed E-state index contributed by atoms with van der Waals surface area (Å²) in [6.07, 6.45) is 0.921. The summed E-state index contributed by atoms with van der Waals surface area (Å²) in [7, 11) is 0. The smallest absolute Gasteiger partial charge is 0.0769 e. The molecule has 0 spiro atoms. The predicted molar refractivity (Wildman–Crippen MR) is 111 cm³/mol. The van der Waals surface area contributed by atoms with Crippen LogP contribution in [-0.4, -0.2) is 5.71 Å². The Labute approximate surface area is 161 Å². The van der Waals surface area contributed by atoms with Crippen LogP contribution in [0.2, 0.25) is 0 Å². The van der Waals surface area contributed by atoms with E-state index in [1.807, 2.05) is 11.8 Å². The fourth-order valence-corrected chi connectivity index (χ4v) is 4.50. The van der Waals surface area contributed by atoms with Crippen LogP contribution in [0.3, 0.4) is 0 Å². The van der Waals surface area contributed by atoms with Gasteiger partial charge >= 0.3 is 0 Å². The molecule has 4 rings (SSSR count). The van der Waals surface area contributed by atoms with Crippen LogP contribution >= 0.6 is 27.7 Å². The van der Waals surface area contributed by atoms with Crippen molar-refractivity contribution < 1.29 is 0 Å². The van der Waals surface area contributed by atoms with Crippen molar-refractivity contribution in [2.75, 3.05) is 0 Å². The second-order valence-corrected chi connectivity index (χ2v) is 8.41. The molecular formula is C22H18BrNS. The van der Waals surface area contributed by atoms with Crippen molar-refractivity contribution in [1.29, 1.82) is 0 Å². The lowest BCUT2D eigenvalue weighted by Gasteiger charge is -2.16. The van der Waals surface area contributed by atoms with Crippen molar-refractivity contribution in [2.45, 2.75) is 23.5 Å². The van der Waals surface area contributed by atoms with Crippen molar-refractivity contribution in [3.8, 4) is 0 Å². The molecule has 0 radical (unpaired) electrons. The van der Waals surface area contributed by atoms with Crippen LogP contribution < -0.4 is 0 Å². The SMILES string of the molecule is Cc1ccc([C@H]2CC(c3ccc(Br)cc3)=Nc3ccccc3S2)cc1. The third kappa shape index (κ3) is 3.73. The molecular weight excluding hydrogens is 390 g/mol. The van der Waals surface area contributed by atoms with Gasteiger partial charge in [0.1, 0.15) is 0 Å². The van der Waals surface area contributed by atoms with Crippen molar-refractivity contribution in [3.63, 3.8) is 0 Å². The number of nitrogens with zero attached hydrogens (tertiary/aromatic N) is 1. The molecule has 0 amide bonds. The molecule has 3 aromatic carbocycles. The van der Waals surface area contributed by atoms with Gasteiger partial charge in [-0.25, -0.2) is 0 Å². The van der Waals surface area contributed by atoms with Gasteiger partial charge < -0.3 is 0 Å². The summed E-state index contributed by atoms with van der Waals surface area (Å²) in [5, 5.41) is 0.367. The molecule has 1 aliphatic rings. The normalized spacial score (nSPS) is 16.7. The van der Waals surface area contributed by atoms with E-state index in [1.54, 1.807) is 0 Å². The molecule has 1 nitrogen and oxygen atoms in total. The molecule has 0 unspecified atom stereocenters. The van der Waals surface area contributed by atoms with Crippen LogP contribution in [0.4, 0.5) is 5.69 Å². The van der Waals surface area contributed by atoms with E-state index in [0.29, 0.717) is 5.25 Å². The van der Waals surface area contributed by atoms with E-state index < -0.39 is 0 Å². The Bertz CT molecular complexity index is 914. The molecule has 3 heteroatoms. The van der Waals surface area contributed by atoms with E-state index in [0.717, 1.165) is 22.3 Å². The van der Waals surface area contributed by atoms with Crippen molar-refractivity contribution >= 4 is 39.1 Å². The number of hydrogen-bond donors (Lipinski definition) is 0. The molecule has 0 aromatic heterocycles. The lowest BCUT2D eigenvalue weighted by molar-refractivity contribution is 1.01. The summed E-state index contributed by atoms with van der Waals surface area (Å²) in [6.45, 7) is 2.13. The van der Waals surface area contributed by atoms with Crippen LogP contribution in [0.15, 0.2) is 87.2 Å². The van der Waals surface area contributed by atoms with Crippen LogP contribution in [0.1, 0.15) is 28.4 Å². The number of aryl methyl sites for hydroxylation is 1. The number of para-hydroxylation sites is 1. The van der Waals surface area contributed by atoms with Gasteiger partial charge in [-0.15, -0.1) is 11.8 Å². The van der Waals surface area contributed by atoms with E-state index in [2.05, 4.69) is 95.7 Å². The van der Waals surface area contributed by atoms with E-state index in [1.165, 1.54) is 21.6 Å². The number of hydrogen-bond acceptors (Lipinski definition) is 2. The second-order valence-electron chi connectivity index (χ2n) is 6.25. The van der Waals surface area contributed by atoms with Gasteiger partial charge in [0.15, 0.2) is 0 Å². The predicted octanol–water partition coefficient (Wildman–Crippen LogP) is 7.12. The van der Waals surface area contributed by atoms with Gasteiger partial charge in [0.2, 0.25) is 0 Å². The van der Waals surface area contributed by atoms with Gasteiger partial charge in [-0.3, -0.25) is 4.99 Å². The average molecular weight is 408 g/mol. The molecule has 0 aliphatic carbocycles. The Morgan fingerprint density at radius 3 is 2.40 bits per heavy atom. The number of aliphatic imine (C=N–C) groups is 1. The first-order valence-corrected chi connectivity index (χ1v) is 10.0. The molecule has 1 aliphatic heterocycles. The minimum atomic E-state index is 0.367. The first kappa shape index (κ1) is 16.6. The molecule has 25 heavy (non-hydrogen) atoms. The van der Waals surface area contributed by atoms with Gasteiger partial charge in [-0.05, 0) is 42.3 Å². The van der Waals surface area contributed by atoms with Crippen molar-refractivity contribution in [1.82, 2.24) is 0 Å². The minimum Gasteiger partial charge on any atom is -0.252 e. The number of benzene rings is 3. The maximum Gasteiger partial charge on any atom is 0.0769 e. The summed E-state index contributed by atoms with van der Waals surface area (Å²) in [6, 6.07) is 25.8. The van der Waals surface area contributed by atoms with E-state index >= 15 is 0 Å². The van der Waals surface area contributed by atoms with Crippen LogP contribution in [0.25, 0.3) is 0 Å². The molecule has 0 saturated heterocycles. The average Bonchev–Trinajstić information content (AvgIpc) is 2.82. The molecule has 1 atom stereocenters. The van der Waals surface area contributed by atoms with Gasteiger partial charge in [0, 0.05) is 26.8 Å². The maximum absolute atomic E-state index is 5.01. The van der Waals surface area contributed by atoms with Gasteiger partial charge in [0.25, 0.3) is 0 Å². The van der Waals surface area contributed by atoms with Crippen LogP contribution in [0, 0.1) is 6.92 Å². The largest absolute Gasteiger partial charge is 0.252 e. The van der Waals surface area contributed by atoms with E-state index in [-0.39, 0.29) is 0 Å². The Morgan fingerprint density at radius 2 is 1.64 bits per heavy atom. The first-order chi connectivity index (χ1) is 12.2. The number of fused-ring (bicyclic) bond motifs is 1. The minimum absolute atomic E-state index is 0.367. The highest BCUT2D eigenvalue weighted by atomic mass is 79.9. The van der Waals surface area contributed by atoms with Crippen molar-refractivity contribution in [3.05, 3.63) is 94.0 Å². The van der Waals surface area contributed by atoms with Gasteiger partial charge in [-0.2, -0.15) is 0 Å². The zero-order chi connectivity index (χ0) is 17.2. The fraction of sp³-hybridized carbons (Fsp3) is 0.136. The van der Waals surface area contributed by atoms with Crippen LogP contribution in [0.5, 0.6) is 0 Å². The monoisotopic (exact) mass is 407 g/mol. The second kappa shape index (κ2) is 7.19. The Hall–Kier alpha value is -1.84. The summed E-state index contributed by atoms with van der Waals surface area (Å²) in [5.74, 6) is 0. The number of rotatable bonds is 2.